The van der Waals surface area contributed by atoms with Gasteiger partial charge in [0.1, 0.15) is 11.8 Å². The highest BCUT2D eigenvalue weighted by Crippen LogP contribution is 2.26. The van der Waals surface area contributed by atoms with Gasteiger partial charge in [0, 0.05) is 17.6 Å². The highest BCUT2D eigenvalue weighted by molar-refractivity contribution is 9.10. The molecule has 5 nitrogen and oxygen atoms in total. The summed E-state index contributed by atoms with van der Waals surface area (Å²) in [5.41, 5.74) is 3.06. The summed E-state index contributed by atoms with van der Waals surface area (Å²) in [6.45, 7) is 10.8. The standard InChI is InChI=1S/C25H33BrN2O3/c1-6-22(25(30)27-14-17(2)3)28(15-20-10-8-7-9-11-20)23(29)16-31-21-12-18(4)24(26)19(5)13-21/h7-13,17,22H,6,14-16H2,1-5H3,(H,27,30)/t22-/m1/s1. The van der Waals surface area contributed by atoms with E-state index in [1.165, 1.54) is 0 Å². The molecule has 0 bridgehead atoms. The van der Waals surface area contributed by atoms with Gasteiger partial charge in [0.15, 0.2) is 6.61 Å². The van der Waals surface area contributed by atoms with Crippen LogP contribution in [-0.4, -0.2) is 35.9 Å². The van der Waals surface area contributed by atoms with Crippen LogP contribution in [0.3, 0.4) is 0 Å². The topological polar surface area (TPSA) is 58.6 Å². The van der Waals surface area contributed by atoms with Gasteiger partial charge in [-0.3, -0.25) is 9.59 Å². The number of nitrogens with one attached hydrogen (secondary N) is 1. The Morgan fingerprint density at radius 3 is 2.26 bits per heavy atom. The van der Waals surface area contributed by atoms with Crippen molar-refractivity contribution in [2.24, 2.45) is 5.92 Å². The second kappa shape index (κ2) is 11.9. The first-order chi connectivity index (χ1) is 14.7. The quantitative estimate of drug-likeness (QED) is 0.510. The number of halogens is 1. The Balaban J connectivity index is 2.19. The third kappa shape index (κ3) is 7.39. The fourth-order valence-electron chi connectivity index (χ4n) is 3.34. The van der Waals surface area contributed by atoms with Crippen LogP contribution >= 0.6 is 15.9 Å². The molecule has 168 valence electrons. The molecule has 0 unspecified atom stereocenters. The van der Waals surface area contributed by atoms with E-state index in [1.54, 1.807) is 4.90 Å². The fraction of sp³-hybridized carbons (Fsp3) is 0.440. The molecule has 2 rings (SSSR count). The van der Waals surface area contributed by atoms with E-state index in [9.17, 15) is 9.59 Å². The minimum atomic E-state index is -0.552. The molecule has 6 heteroatoms. The van der Waals surface area contributed by atoms with Crippen molar-refractivity contribution < 1.29 is 14.3 Å². The average molecular weight is 489 g/mol. The Kier molecular flexibility index (Phi) is 9.56. The number of ether oxygens (including phenoxy) is 1. The van der Waals surface area contributed by atoms with Gasteiger partial charge in [-0.2, -0.15) is 0 Å². The molecule has 0 heterocycles. The van der Waals surface area contributed by atoms with Crippen LogP contribution in [-0.2, 0) is 16.1 Å². The zero-order valence-corrected chi connectivity index (χ0v) is 20.7. The van der Waals surface area contributed by atoms with Crippen LogP contribution in [0.15, 0.2) is 46.9 Å². The summed E-state index contributed by atoms with van der Waals surface area (Å²) in [4.78, 5) is 27.7. The van der Waals surface area contributed by atoms with Gasteiger partial charge in [-0.15, -0.1) is 0 Å². The molecule has 0 fully saturated rings. The van der Waals surface area contributed by atoms with Gasteiger partial charge in [-0.1, -0.05) is 67.0 Å². The smallest absolute Gasteiger partial charge is 0.261 e. The second-order valence-electron chi connectivity index (χ2n) is 8.23. The molecule has 0 aromatic heterocycles. The lowest BCUT2D eigenvalue weighted by Gasteiger charge is -2.31. The van der Waals surface area contributed by atoms with Crippen LogP contribution in [0.1, 0.15) is 43.9 Å². The predicted octanol–water partition coefficient (Wildman–Crippen LogP) is 5.02. The molecule has 2 amide bonds. The van der Waals surface area contributed by atoms with Gasteiger partial charge >= 0.3 is 0 Å². The molecule has 0 spiro atoms. The van der Waals surface area contributed by atoms with Crippen molar-refractivity contribution in [2.45, 2.75) is 53.6 Å². The van der Waals surface area contributed by atoms with Crippen LogP contribution in [0.25, 0.3) is 0 Å². The molecular formula is C25H33BrN2O3. The second-order valence-corrected chi connectivity index (χ2v) is 9.02. The molecule has 31 heavy (non-hydrogen) atoms. The summed E-state index contributed by atoms with van der Waals surface area (Å²) in [6, 6.07) is 13.0. The molecule has 0 aliphatic carbocycles. The number of rotatable bonds is 10. The molecule has 0 saturated heterocycles. The first kappa shape index (κ1) is 24.9. The van der Waals surface area contributed by atoms with E-state index >= 15 is 0 Å². The number of hydrogen-bond donors (Lipinski definition) is 1. The third-order valence-electron chi connectivity index (χ3n) is 5.04. The van der Waals surface area contributed by atoms with E-state index in [0.717, 1.165) is 21.2 Å². The molecule has 1 N–H and O–H groups in total. The number of carbonyl (C=O) groups excluding carboxylic acids is 2. The van der Waals surface area contributed by atoms with Crippen molar-refractivity contribution in [3.05, 3.63) is 63.6 Å². The molecule has 0 saturated carbocycles. The van der Waals surface area contributed by atoms with Crippen LogP contribution in [0.4, 0.5) is 0 Å². The van der Waals surface area contributed by atoms with E-state index in [-0.39, 0.29) is 18.4 Å². The highest BCUT2D eigenvalue weighted by Gasteiger charge is 2.29. The van der Waals surface area contributed by atoms with Gasteiger partial charge in [-0.25, -0.2) is 0 Å². The van der Waals surface area contributed by atoms with Gasteiger partial charge in [-0.05, 0) is 55.0 Å². The molecule has 0 aliphatic heterocycles. The van der Waals surface area contributed by atoms with Crippen LogP contribution < -0.4 is 10.1 Å². The van der Waals surface area contributed by atoms with Crippen molar-refractivity contribution in [3.8, 4) is 5.75 Å². The van der Waals surface area contributed by atoms with Crippen LogP contribution in [0.5, 0.6) is 5.75 Å². The number of carbonyl (C=O) groups is 2. The first-order valence-electron chi connectivity index (χ1n) is 10.7. The molecule has 2 aromatic carbocycles. The lowest BCUT2D eigenvalue weighted by atomic mass is 10.1. The largest absolute Gasteiger partial charge is 0.484 e. The Labute approximate surface area is 194 Å². The maximum atomic E-state index is 13.2. The SMILES string of the molecule is CC[C@H](C(=O)NCC(C)C)N(Cc1ccccc1)C(=O)COc1cc(C)c(Br)c(C)c1. The normalized spacial score (nSPS) is 11.8. The van der Waals surface area contributed by atoms with E-state index in [4.69, 9.17) is 4.74 Å². The van der Waals surface area contributed by atoms with Crippen LogP contribution in [0.2, 0.25) is 0 Å². The summed E-state index contributed by atoms with van der Waals surface area (Å²) < 4.78 is 6.86. The predicted molar refractivity (Wildman–Crippen MR) is 128 cm³/mol. The Hall–Kier alpha value is -2.34. The van der Waals surface area contributed by atoms with E-state index in [1.807, 2.05) is 77.1 Å². The third-order valence-corrected chi connectivity index (χ3v) is 6.29. The number of aryl methyl sites for hydroxylation is 2. The average Bonchev–Trinajstić information content (AvgIpc) is 2.74. The summed E-state index contributed by atoms with van der Waals surface area (Å²) in [7, 11) is 0. The summed E-state index contributed by atoms with van der Waals surface area (Å²) >= 11 is 3.55. The number of hydrogen-bond acceptors (Lipinski definition) is 3. The minimum absolute atomic E-state index is 0.124. The van der Waals surface area contributed by atoms with Crippen molar-refractivity contribution >= 4 is 27.7 Å². The van der Waals surface area contributed by atoms with Crippen molar-refractivity contribution in [3.63, 3.8) is 0 Å². The van der Waals surface area contributed by atoms with Crippen molar-refractivity contribution in [1.82, 2.24) is 10.2 Å². The lowest BCUT2D eigenvalue weighted by Crippen LogP contribution is -2.50. The van der Waals surface area contributed by atoms with Gasteiger partial charge in [0.05, 0.1) is 0 Å². The molecule has 0 radical (unpaired) electrons. The van der Waals surface area contributed by atoms with Gasteiger partial charge in [0.25, 0.3) is 5.91 Å². The molecular weight excluding hydrogens is 456 g/mol. The van der Waals surface area contributed by atoms with E-state index in [2.05, 4.69) is 21.2 Å². The zero-order chi connectivity index (χ0) is 23.0. The summed E-state index contributed by atoms with van der Waals surface area (Å²) in [5.74, 6) is 0.639. The Morgan fingerprint density at radius 2 is 1.71 bits per heavy atom. The number of amides is 2. The fourth-order valence-corrected chi connectivity index (χ4v) is 3.57. The molecule has 2 aromatic rings. The Bertz CT molecular complexity index is 861. The molecule has 0 aliphatic rings. The summed E-state index contributed by atoms with van der Waals surface area (Å²) in [5, 5.41) is 2.97. The first-order valence-corrected chi connectivity index (χ1v) is 11.5. The maximum absolute atomic E-state index is 13.2. The lowest BCUT2D eigenvalue weighted by molar-refractivity contribution is -0.143. The van der Waals surface area contributed by atoms with Crippen molar-refractivity contribution in [1.29, 1.82) is 0 Å². The zero-order valence-electron chi connectivity index (χ0n) is 19.1. The Morgan fingerprint density at radius 1 is 1.10 bits per heavy atom. The number of benzene rings is 2. The highest BCUT2D eigenvalue weighted by atomic mass is 79.9. The van der Waals surface area contributed by atoms with Gasteiger partial charge in [0.2, 0.25) is 5.91 Å². The molecule has 1 atom stereocenters. The monoisotopic (exact) mass is 488 g/mol. The van der Waals surface area contributed by atoms with Gasteiger partial charge < -0.3 is 15.0 Å². The maximum Gasteiger partial charge on any atom is 0.261 e. The summed E-state index contributed by atoms with van der Waals surface area (Å²) in [6.07, 6.45) is 0.527. The minimum Gasteiger partial charge on any atom is -0.484 e. The van der Waals surface area contributed by atoms with E-state index in [0.29, 0.717) is 31.2 Å². The number of nitrogens with zero attached hydrogens (tertiary/aromatic N) is 1. The van der Waals surface area contributed by atoms with E-state index < -0.39 is 6.04 Å². The van der Waals surface area contributed by atoms with Crippen molar-refractivity contribution in [2.75, 3.05) is 13.2 Å². The van der Waals surface area contributed by atoms with Crippen LogP contribution in [0, 0.1) is 19.8 Å².